The van der Waals surface area contributed by atoms with Crippen LogP contribution in [0.1, 0.15) is 11.1 Å². The number of nitrogens with zero attached hydrogens (tertiary/aromatic N) is 1. The van der Waals surface area contributed by atoms with Crippen LogP contribution in [-0.4, -0.2) is 5.11 Å². The zero-order chi connectivity index (χ0) is 11.4. The predicted molar refractivity (Wildman–Crippen MR) is 64.7 cm³/mol. The number of aromatic nitrogens is 1. The minimum atomic E-state index is 0. The fourth-order valence-corrected chi connectivity index (χ4v) is 1.44. The predicted octanol–water partition coefficient (Wildman–Crippen LogP) is -0.609. The van der Waals surface area contributed by atoms with Crippen LogP contribution in [0.5, 0.6) is 5.75 Å². The van der Waals surface area contributed by atoms with Gasteiger partial charge in [0.25, 0.3) is 0 Å². The number of pyridine rings is 1. The van der Waals surface area contributed by atoms with E-state index in [-0.39, 0.29) is 24.0 Å². The molecule has 0 saturated heterocycles. The molecule has 0 fully saturated rings. The van der Waals surface area contributed by atoms with E-state index < -0.39 is 0 Å². The molecule has 2 nitrogen and oxygen atoms in total. The molecule has 2 rings (SSSR count). The van der Waals surface area contributed by atoms with E-state index in [0.717, 1.165) is 11.1 Å². The van der Waals surface area contributed by atoms with Crippen molar-refractivity contribution in [3.05, 3.63) is 59.9 Å². The molecule has 0 aliphatic heterocycles. The molecule has 0 atom stereocenters. The van der Waals surface area contributed by atoms with Gasteiger partial charge in [0.1, 0.15) is 12.8 Å². The normalized spacial score (nSPS) is 10.2. The molecule has 17 heavy (non-hydrogen) atoms. The summed E-state index contributed by atoms with van der Waals surface area (Å²) in [6.07, 6.45) is 7.87. The van der Waals surface area contributed by atoms with Crippen molar-refractivity contribution in [2.45, 2.75) is 0 Å². The Hall–Kier alpha value is -1.36. The summed E-state index contributed by atoms with van der Waals surface area (Å²) in [4.78, 5) is 0. The standard InChI is InChI=1S/C14H13NO.HI/c1-15-10-8-12(9-11-15)6-7-13-4-2-3-5-14(13)16;/h2-11H,1H3;1H. The number of para-hydroxylation sites is 1. The van der Waals surface area contributed by atoms with Crippen molar-refractivity contribution >= 4 is 12.2 Å². The molecule has 2 aromatic rings. The van der Waals surface area contributed by atoms with Crippen LogP contribution in [0.4, 0.5) is 0 Å². The van der Waals surface area contributed by atoms with Gasteiger partial charge in [0.05, 0.1) is 0 Å². The summed E-state index contributed by atoms with van der Waals surface area (Å²) in [5, 5.41) is 9.58. The third kappa shape index (κ3) is 3.85. The van der Waals surface area contributed by atoms with Crippen LogP contribution in [0.2, 0.25) is 0 Å². The lowest BCUT2D eigenvalue weighted by Gasteiger charge is -1.97. The highest BCUT2D eigenvalue weighted by Crippen LogP contribution is 2.18. The Labute approximate surface area is 118 Å². The van der Waals surface area contributed by atoms with Crippen molar-refractivity contribution in [3.63, 3.8) is 0 Å². The van der Waals surface area contributed by atoms with E-state index in [1.165, 1.54) is 0 Å². The van der Waals surface area contributed by atoms with Gasteiger partial charge in [-0.1, -0.05) is 30.4 Å². The minimum Gasteiger partial charge on any atom is -1.00 e. The molecular formula is C14H14INO. The van der Waals surface area contributed by atoms with Gasteiger partial charge < -0.3 is 29.1 Å². The second-order valence-corrected chi connectivity index (χ2v) is 3.69. The zero-order valence-corrected chi connectivity index (χ0v) is 11.7. The summed E-state index contributed by atoms with van der Waals surface area (Å²) < 4.78 is 1.98. The molecule has 0 aliphatic rings. The number of hydrogen-bond donors (Lipinski definition) is 1. The van der Waals surface area contributed by atoms with Gasteiger partial charge in [-0.25, -0.2) is 4.57 Å². The van der Waals surface area contributed by atoms with Gasteiger partial charge in [0.2, 0.25) is 0 Å². The van der Waals surface area contributed by atoms with Crippen molar-refractivity contribution in [2.24, 2.45) is 7.05 Å². The van der Waals surface area contributed by atoms with Crippen molar-refractivity contribution in [2.75, 3.05) is 0 Å². The molecule has 1 N–H and O–H groups in total. The summed E-state index contributed by atoms with van der Waals surface area (Å²) in [5.41, 5.74) is 1.94. The number of hydrogen-bond acceptors (Lipinski definition) is 1. The topological polar surface area (TPSA) is 24.1 Å². The molecular weight excluding hydrogens is 325 g/mol. The molecule has 1 aromatic heterocycles. The first-order valence-corrected chi connectivity index (χ1v) is 5.17. The number of aryl methyl sites for hydroxylation is 1. The molecule has 0 spiro atoms. The maximum atomic E-state index is 9.58. The third-order valence-corrected chi connectivity index (χ3v) is 2.40. The smallest absolute Gasteiger partial charge is 0.169 e. The summed E-state index contributed by atoms with van der Waals surface area (Å²) >= 11 is 0. The average Bonchev–Trinajstić information content (AvgIpc) is 2.30. The molecule has 0 amide bonds. The molecule has 3 heteroatoms. The highest BCUT2D eigenvalue weighted by molar-refractivity contribution is 5.71. The van der Waals surface area contributed by atoms with E-state index in [4.69, 9.17) is 0 Å². The van der Waals surface area contributed by atoms with Crippen molar-refractivity contribution < 1.29 is 33.7 Å². The largest absolute Gasteiger partial charge is 1.00 e. The van der Waals surface area contributed by atoms with Gasteiger partial charge in [-0.05, 0) is 11.6 Å². The lowest BCUT2D eigenvalue weighted by Crippen LogP contribution is -3.00. The van der Waals surface area contributed by atoms with E-state index in [1.807, 2.05) is 66.5 Å². The summed E-state index contributed by atoms with van der Waals surface area (Å²) in [6.45, 7) is 0. The van der Waals surface area contributed by atoms with Crippen LogP contribution in [0.15, 0.2) is 48.8 Å². The number of phenolic OH excluding ortho intramolecular Hbond substituents is 1. The van der Waals surface area contributed by atoms with Gasteiger partial charge in [-0.15, -0.1) is 0 Å². The number of halogens is 1. The first-order chi connectivity index (χ1) is 7.75. The molecule has 0 aliphatic carbocycles. The number of rotatable bonds is 2. The Morgan fingerprint density at radius 3 is 2.29 bits per heavy atom. The van der Waals surface area contributed by atoms with Crippen LogP contribution >= 0.6 is 0 Å². The first kappa shape index (κ1) is 13.7. The van der Waals surface area contributed by atoms with E-state index in [1.54, 1.807) is 6.07 Å². The maximum absolute atomic E-state index is 9.58. The number of aromatic hydroxyl groups is 1. The third-order valence-electron chi connectivity index (χ3n) is 2.40. The van der Waals surface area contributed by atoms with Crippen LogP contribution in [0.3, 0.4) is 0 Å². The molecule has 0 unspecified atom stereocenters. The van der Waals surface area contributed by atoms with E-state index in [9.17, 15) is 5.11 Å². The Bertz CT molecular complexity index is 506. The SMILES string of the molecule is C[n+]1ccc(C=Cc2ccccc2O)cc1.[I-]. The van der Waals surface area contributed by atoms with Gasteiger partial charge in [0.15, 0.2) is 12.4 Å². The molecule has 88 valence electrons. The molecule has 0 saturated carbocycles. The zero-order valence-electron chi connectivity index (χ0n) is 9.55. The average molecular weight is 339 g/mol. The first-order valence-electron chi connectivity index (χ1n) is 5.17. The Morgan fingerprint density at radius 2 is 1.65 bits per heavy atom. The van der Waals surface area contributed by atoms with Gasteiger partial charge in [-0.2, -0.15) is 0 Å². The Kier molecular flexibility index (Phi) is 5.15. The highest BCUT2D eigenvalue weighted by Gasteiger charge is 1.95. The van der Waals surface area contributed by atoms with Gasteiger partial charge >= 0.3 is 0 Å². The van der Waals surface area contributed by atoms with Crippen LogP contribution in [0, 0.1) is 0 Å². The summed E-state index contributed by atoms with van der Waals surface area (Å²) in [6, 6.07) is 11.3. The number of phenols is 1. The second kappa shape index (κ2) is 6.39. The van der Waals surface area contributed by atoms with Crippen molar-refractivity contribution in [1.82, 2.24) is 0 Å². The Morgan fingerprint density at radius 1 is 1.00 bits per heavy atom. The van der Waals surface area contributed by atoms with Crippen molar-refractivity contribution in [1.29, 1.82) is 0 Å². The summed E-state index contributed by atoms with van der Waals surface area (Å²) in [5.74, 6) is 0.306. The Balaban J connectivity index is 0.00000144. The van der Waals surface area contributed by atoms with Crippen LogP contribution < -0.4 is 28.5 Å². The molecule has 1 aromatic carbocycles. The van der Waals surface area contributed by atoms with E-state index >= 15 is 0 Å². The maximum Gasteiger partial charge on any atom is 0.169 e. The number of benzene rings is 1. The molecule has 0 bridgehead atoms. The van der Waals surface area contributed by atoms with Crippen LogP contribution in [0.25, 0.3) is 12.2 Å². The van der Waals surface area contributed by atoms with E-state index in [2.05, 4.69) is 0 Å². The lowest BCUT2D eigenvalue weighted by atomic mass is 10.1. The van der Waals surface area contributed by atoms with Crippen LogP contribution in [-0.2, 0) is 7.05 Å². The molecule has 0 radical (unpaired) electrons. The fourth-order valence-electron chi connectivity index (χ4n) is 1.44. The minimum absolute atomic E-state index is 0. The highest BCUT2D eigenvalue weighted by atomic mass is 127. The summed E-state index contributed by atoms with van der Waals surface area (Å²) in [7, 11) is 1.98. The van der Waals surface area contributed by atoms with Crippen molar-refractivity contribution in [3.8, 4) is 5.75 Å². The van der Waals surface area contributed by atoms with E-state index in [0.29, 0.717) is 5.75 Å². The monoisotopic (exact) mass is 339 g/mol. The van der Waals surface area contributed by atoms with Gasteiger partial charge in [-0.3, -0.25) is 0 Å². The fraction of sp³-hybridized carbons (Fsp3) is 0.0714. The second-order valence-electron chi connectivity index (χ2n) is 3.69. The lowest BCUT2D eigenvalue weighted by molar-refractivity contribution is -0.671. The van der Waals surface area contributed by atoms with Gasteiger partial charge in [0, 0.05) is 17.7 Å². The molecule has 1 heterocycles. The quantitative estimate of drug-likeness (QED) is 0.573.